The fourth-order valence-corrected chi connectivity index (χ4v) is 6.87. The second-order valence-electron chi connectivity index (χ2n) is 14.1. The number of rotatable bonds is 12. The summed E-state index contributed by atoms with van der Waals surface area (Å²) in [5.41, 5.74) is 5.16. The van der Waals surface area contributed by atoms with Gasteiger partial charge in [0.15, 0.2) is 0 Å². The van der Waals surface area contributed by atoms with Crippen molar-refractivity contribution in [1.29, 1.82) is 0 Å². The van der Waals surface area contributed by atoms with Crippen LogP contribution in [-0.4, -0.2) is 71.5 Å². The zero-order valence-corrected chi connectivity index (χ0v) is 30.6. The summed E-state index contributed by atoms with van der Waals surface area (Å²) >= 11 is 6.57. The van der Waals surface area contributed by atoms with Crippen LogP contribution in [-0.2, 0) is 22.5 Å². The van der Waals surface area contributed by atoms with Crippen molar-refractivity contribution in [2.24, 2.45) is 0 Å². The number of aromatic nitrogens is 1. The monoisotopic (exact) mass is 738 g/mol. The Bertz CT molecular complexity index is 2140. The van der Waals surface area contributed by atoms with Gasteiger partial charge in [0.25, 0.3) is 0 Å². The second-order valence-corrected chi connectivity index (χ2v) is 14.6. The van der Waals surface area contributed by atoms with Gasteiger partial charge in [-0.2, -0.15) is 0 Å². The van der Waals surface area contributed by atoms with E-state index in [2.05, 4.69) is 35.0 Å². The van der Waals surface area contributed by atoms with Crippen LogP contribution in [0.15, 0.2) is 95.8 Å². The minimum absolute atomic E-state index is 0.0722. The first-order valence-corrected chi connectivity index (χ1v) is 18.1. The predicted molar refractivity (Wildman–Crippen MR) is 208 cm³/mol. The highest BCUT2D eigenvalue weighted by atomic mass is 35.5. The third-order valence-corrected chi connectivity index (χ3v) is 10.0. The number of pyridine rings is 1. The topological polar surface area (TPSA) is 153 Å². The van der Waals surface area contributed by atoms with Crippen LogP contribution < -0.4 is 21.5 Å². The van der Waals surface area contributed by atoms with Gasteiger partial charge in [0, 0.05) is 60.1 Å². The number of likely N-dealkylation sites (tertiary alicyclic amines) is 1. The SMILES string of the molecule is C[N+]1(C)CCC(OC(=O)Nc2cc(CCC(=O)Nc3ccc(CNC[C@H](O)c4ccc(O)c5[nH]c(=O)ccc45)c(Cl)c3)ccc2-c2ccccc2)CC1. The number of nitrogens with one attached hydrogen (secondary N) is 4. The third kappa shape index (κ3) is 9.82. The van der Waals surface area contributed by atoms with Gasteiger partial charge in [0.05, 0.1) is 44.5 Å². The number of halogens is 1. The Morgan fingerprint density at radius 3 is 2.49 bits per heavy atom. The Morgan fingerprint density at radius 2 is 1.74 bits per heavy atom. The number of amides is 2. The lowest BCUT2D eigenvalue weighted by Crippen LogP contribution is -2.48. The van der Waals surface area contributed by atoms with Gasteiger partial charge in [0.2, 0.25) is 11.5 Å². The molecule has 1 fully saturated rings. The van der Waals surface area contributed by atoms with E-state index in [-0.39, 0.29) is 41.8 Å². The lowest BCUT2D eigenvalue weighted by atomic mass is 9.99. The fraction of sp³-hybridized carbons (Fsp3) is 0.293. The lowest BCUT2D eigenvalue weighted by molar-refractivity contribution is -0.896. The summed E-state index contributed by atoms with van der Waals surface area (Å²) in [5, 5.41) is 31.1. The molecular formula is C41H45ClN5O6+. The number of ether oxygens (including phenoxy) is 1. The number of aromatic hydroxyl groups is 1. The van der Waals surface area contributed by atoms with Gasteiger partial charge in [-0.3, -0.25) is 14.9 Å². The molecule has 53 heavy (non-hydrogen) atoms. The van der Waals surface area contributed by atoms with Gasteiger partial charge in [-0.1, -0.05) is 66.2 Å². The van der Waals surface area contributed by atoms with E-state index in [1.54, 1.807) is 24.3 Å². The number of phenols is 1. The van der Waals surface area contributed by atoms with Crippen LogP contribution in [0.25, 0.3) is 22.0 Å². The van der Waals surface area contributed by atoms with Crippen molar-refractivity contribution in [3.05, 3.63) is 123 Å². The molecule has 1 atom stereocenters. The van der Waals surface area contributed by atoms with Crippen molar-refractivity contribution >= 4 is 45.9 Å². The molecule has 2 amide bonds. The van der Waals surface area contributed by atoms with Gasteiger partial charge >= 0.3 is 6.09 Å². The molecule has 1 aliphatic rings. The number of fused-ring (bicyclic) bond motifs is 1. The number of carbonyl (C=O) groups is 2. The highest BCUT2D eigenvalue weighted by Gasteiger charge is 2.28. The summed E-state index contributed by atoms with van der Waals surface area (Å²) in [7, 11) is 4.37. The average Bonchev–Trinajstić information content (AvgIpc) is 3.13. The van der Waals surface area contributed by atoms with Crippen molar-refractivity contribution < 1.29 is 29.0 Å². The summed E-state index contributed by atoms with van der Waals surface area (Å²) in [6, 6.07) is 26.9. The number of aliphatic hydroxyl groups is 1. The lowest BCUT2D eigenvalue weighted by Gasteiger charge is -2.36. The highest BCUT2D eigenvalue weighted by molar-refractivity contribution is 6.31. The van der Waals surface area contributed by atoms with E-state index in [0.29, 0.717) is 40.3 Å². The molecule has 12 heteroatoms. The molecule has 1 aromatic heterocycles. The zero-order valence-electron chi connectivity index (χ0n) is 29.8. The number of benzene rings is 4. The van der Waals surface area contributed by atoms with E-state index < -0.39 is 12.2 Å². The predicted octanol–water partition coefficient (Wildman–Crippen LogP) is 6.74. The molecule has 2 heterocycles. The number of aliphatic hydroxyl groups excluding tert-OH is 1. The number of aryl methyl sites for hydroxylation is 1. The molecule has 11 nitrogen and oxygen atoms in total. The molecule has 276 valence electrons. The maximum Gasteiger partial charge on any atom is 0.411 e. The van der Waals surface area contributed by atoms with Crippen molar-refractivity contribution in [3.8, 4) is 16.9 Å². The molecule has 0 unspecified atom stereocenters. The maximum absolute atomic E-state index is 13.0. The van der Waals surface area contributed by atoms with Crippen LogP contribution in [0, 0.1) is 0 Å². The van der Waals surface area contributed by atoms with Crippen molar-refractivity contribution in [3.63, 3.8) is 0 Å². The smallest absolute Gasteiger partial charge is 0.411 e. The van der Waals surface area contributed by atoms with Crippen LogP contribution in [0.1, 0.15) is 42.1 Å². The Balaban J connectivity index is 1.03. The van der Waals surface area contributed by atoms with Crippen LogP contribution in [0.5, 0.6) is 5.75 Å². The Labute approximate surface area is 313 Å². The molecule has 0 bridgehead atoms. The molecule has 0 spiro atoms. The summed E-state index contributed by atoms with van der Waals surface area (Å²) in [6.07, 6.45) is 0.792. The van der Waals surface area contributed by atoms with E-state index in [4.69, 9.17) is 16.3 Å². The summed E-state index contributed by atoms with van der Waals surface area (Å²) < 4.78 is 6.73. The third-order valence-electron chi connectivity index (χ3n) is 9.69. The van der Waals surface area contributed by atoms with Crippen molar-refractivity contribution in [2.45, 2.75) is 44.4 Å². The number of anilines is 2. The number of hydrogen-bond acceptors (Lipinski definition) is 7. The maximum atomic E-state index is 13.0. The van der Waals surface area contributed by atoms with Gasteiger partial charge in [-0.25, -0.2) is 4.79 Å². The highest BCUT2D eigenvalue weighted by Crippen LogP contribution is 2.31. The number of hydrogen-bond donors (Lipinski definition) is 6. The molecule has 5 aromatic rings. The summed E-state index contributed by atoms with van der Waals surface area (Å²) in [6.45, 7) is 2.46. The zero-order chi connectivity index (χ0) is 37.5. The van der Waals surface area contributed by atoms with Gasteiger partial charge < -0.3 is 35.1 Å². The largest absolute Gasteiger partial charge is 0.506 e. The van der Waals surface area contributed by atoms with Gasteiger partial charge in [0.1, 0.15) is 11.9 Å². The number of quaternary nitrogens is 1. The number of nitrogens with zero attached hydrogens (tertiary/aromatic N) is 1. The Kier molecular flexibility index (Phi) is 11.8. The number of piperidine rings is 1. The molecule has 6 N–H and O–H groups in total. The molecule has 0 saturated carbocycles. The van der Waals surface area contributed by atoms with E-state index >= 15 is 0 Å². The second kappa shape index (κ2) is 16.6. The van der Waals surface area contributed by atoms with E-state index in [0.717, 1.165) is 52.7 Å². The number of carbonyl (C=O) groups excluding carboxylic acids is 2. The standard InChI is InChI=1S/C41H44ClN5O6/c1-47(2)20-18-30(19-21-47)53-41(52)45-35-22-26(8-12-31(35)27-6-4-3-5-7-27)9-16-38(50)44-29-11-10-28(34(42)23-29)24-43-25-37(49)32-13-15-36(48)40-33(32)14-17-39(51)46-40/h3-8,10-15,17,22-23,30,37,43,49H,9,16,18-21,24-25H2,1-2H3,(H3-,44,45,46,48,50,51,52)/p+1/t37-/m0/s1. The average molecular weight is 739 g/mol. The number of aromatic amines is 1. The Morgan fingerprint density at radius 1 is 0.962 bits per heavy atom. The van der Waals surface area contributed by atoms with Gasteiger partial charge in [-0.05, 0) is 59.0 Å². The summed E-state index contributed by atoms with van der Waals surface area (Å²) in [5.74, 6) is -0.255. The first kappa shape index (κ1) is 37.6. The molecule has 0 aliphatic carbocycles. The van der Waals surface area contributed by atoms with E-state index in [9.17, 15) is 24.6 Å². The van der Waals surface area contributed by atoms with E-state index in [1.807, 2.05) is 54.6 Å². The summed E-state index contributed by atoms with van der Waals surface area (Å²) in [4.78, 5) is 40.3. The van der Waals surface area contributed by atoms with Crippen molar-refractivity contribution in [2.75, 3.05) is 44.4 Å². The number of phenolic OH excluding ortho intramolecular Hbond substituents is 1. The molecule has 1 saturated heterocycles. The normalized spacial score (nSPS) is 14.8. The fourth-order valence-electron chi connectivity index (χ4n) is 6.62. The van der Waals surface area contributed by atoms with Crippen LogP contribution in [0.2, 0.25) is 5.02 Å². The van der Waals surface area contributed by atoms with Crippen LogP contribution in [0.3, 0.4) is 0 Å². The minimum atomic E-state index is -0.912. The van der Waals surface area contributed by atoms with Crippen LogP contribution in [0.4, 0.5) is 16.2 Å². The quantitative estimate of drug-likeness (QED) is 0.0776. The molecular weight excluding hydrogens is 694 g/mol. The Hall–Kier alpha value is -5.20. The molecule has 0 radical (unpaired) electrons. The van der Waals surface area contributed by atoms with Crippen LogP contribution >= 0.6 is 11.6 Å². The first-order valence-electron chi connectivity index (χ1n) is 17.7. The minimum Gasteiger partial charge on any atom is -0.506 e. The van der Waals surface area contributed by atoms with Crippen molar-refractivity contribution in [1.82, 2.24) is 10.3 Å². The number of H-pyrrole nitrogens is 1. The van der Waals surface area contributed by atoms with E-state index in [1.165, 1.54) is 12.1 Å². The first-order chi connectivity index (χ1) is 25.4. The molecule has 1 aliphatic heterocycles. The molecule has 6 rings (SSSR count). The van der Waals surface area contributed by atoms with Gasteiger partial charge in [-0.15, -0.1) is 0 Å². The molecule has 4 aromatic carbocycles.